The molecule has 0 aromatic heterocycles. The van der Waals surface area contributed by atoms with Crippen LogP contribution >= 0.6 is 0 Å². The lowest BCUT2D eigenvalue weighted by Crippen LogP contribution is -2.59. The number of unbranched alkanes of at least 4 members (excludes halogenated alkanes) is 1. The first-order valence-electron chi connectivity index (χ1n) is 46.1. The highest BCUT2D eigenvalue weighted by Crippen LogP contribution is 2.35. The SMILES string of the molecule is CC[C@H](C)[C@@H]([C@@H](CC(=O)N1CCC[C@H]1[C@H](OC)[C@@H](C)C(=O)N[C@H](C)C(OC(=O)CCCCC(=O)c1ccccc1)c1ccccc1)OC)N(C)C(=O)[C@@H](NC(=O)[C@@H](NC)C(C)C)C(C)C.CC[C@H](C)[C@@H]([C@@H](CC(=O)N1CCC[C@H]1[C@H](OC)[C@@H](C)C(=O)N[C@H](C)C(OC(=O)c1ccc(C(C)=O)cc1)c1ccccc1)OC)N(C)C(=O)[C@@H](NC(=O)[C@H](C(C)C)N(C)C)C(C)C. The van der Waals surface area contributed by atoms with Crippen LogP contribution in [0.4, 0.5) is 0 Å². The molecule has 0 spiro atoms. The van der Waals surface area contributed by atoms with Gasteiger partial charge in [-0.25, -0.2) is 4.79 Å². The van der Waals surface area contributed by atoms with Crippen molar-refractivity contribution in [3.05, 3.63) is 143 Å². The molecule has 8 amide bonds. The van der Waals surface area contributed by atoms with Crippen LogP contribution in [-0.2, 0) is 71.6 Å². The summed E-state index contributed by atoms with van der Waals surface area (Å²) < 4.78 is 36.2. The number of nitrogens with zero attached hydrogens (tertiary/aromatic N) is 5. The lowest BCUT2D eigenvalue weighted by atomic mass is 9.89. The third-order valence-electron chi connectivity index (χ3n) is 25.7. The van der Waals surface area contributed by atoms with Crippen molar-refractivity contribution in [3.63, 3.8) is 0 Å². The molecule has 2 saturated heterocycles. The Labute approximate surface area is 763 Å². The van der Waals surface area contributed by atoms with Gasteiger partial charge in [-0.15, -0.1) is 0 Å². The minimum Gasteiger partial charge on any atom is -0.455 e. The van der Waals surface area contributed by atoms with Crippen LogP contribution in [-0.4, -0.2) is 257 Å². The van der Waals surface area contributed by atoms with E-state index < -0.39 is 121 Å². The molecule has 5 N–H and O–H groups in total. The lowest BCUT2D eigenvalue weighted by molar-refractivity contribution is -0.152. The van der Waals surface area contributed by atoms with Gasteiger partial charge in [-0.1, -0.05) is 213 Å². The fourth-order valence-electron chi connectivity index (χ4n) is 18.1. The average molecular weight is 1780 g/mol. The van der Waals surface area contributed by atoms with E-state index in [9.17, 15) is 57.5 Å². The number of carbonyl (C=O) groups excluding carboxylic acids is 12. The van der Waals surface area contributed by atoms with Gasteiger partial charge in [-0.2, -0.15) is 0 Å². The van der Waals surface area contributed by atoms with E-state index in [1.807, 2.05) is 181 Å². The lowest BCUT2D eigenvalue weighted by Gasteiger charge is -2.41. The van der Waals surface area contributed by atoms with E-state index in [-0.39, 0.29) is 119 Å². The van der Waals surface area contributed by atoms with Crippen LogP contribution in [0.5, 0.6) is 0 Å². The molecule has 4 aromatic rings. The molecule has 128 heavy (non-hydrogen) atoms. The highest BCUT2D eigenvalue weighted by atomic mass is 16.6. The normalized spacial score (nSPS) is 18.3. The molecule has 2 heterocycles. The molecule has 2 aliphatic rings. The highest BCUT2D eigenvalue weighted by molar-refractivity contribution is 5.97. The number of likely N-dealkylation sites (N-methyl/N-ethyl adjacent to an activating group) is 4. The molecule has 20 atom stereocenters. The van der Waals surface area contributed by atoms with Crippen LogP contribution < -0.4 is 26.6 Å². The minimum atomic E-state index is -0.843. The van der Waals surface area contributed by atoms with Gasteiger partial charge in [0.2, 0.25) is 47.3 Å². The Balaban J connectivity index is 0.000000454. The number of rotatable bonds is 50. The standard InChI is InChI=1S/C51H79N5O9.C49H75N5O9/c1-13-34(6)46(55(10)51(62)45(33(4)5)54-50(61)44(52-9)32(2)3)41(63-11)31-42(58)56-30-22-27-39(56)47(64-12)35(7)49(60)53-36(8)48(38-25-18-15-19-26-38)65-43(59)29-21-20-28-40(57)37-23-16-14-17-24-37;1-15-31(6)43(53(12)48(59)41(29(2)3)51-47(58)42(30(4)5)52(10)11)39(61-13)28-40(56)54-27-19-22-38(54)44(62-14)32(7)46(57)50-33(8)45(36-20-17-16-18-21-36)63-49(60)37-25-23-35(24-26-37)34(9)55/h14-19,23-26,32-36,39,41,44-48,52H,13,20-22,27-31H2,1-12H3,(H,53,60)(H,54,61);16-18,20-21,23-26,29-33,38-39,41-45H,15,19,22,27-28H2,1-14H3,(H,50,57)(H,51,58)/t34-,35+,36+,39-,41+,44-,45-,46-,47+,48?;31-,32+,33+,38-,39+,41-,42-,43-,44+,45?/m00/s1. The van der Waals surface area contributed by atoms with Gasteiger partial charge in [0.1, 0.15) is 24.3 Å². The Morgan fingerprint density at radius 1 is 0.438 bits per heavy atom. The molecule has 0 radical (unpaired) electrons. The fourth-order valence-corrected chi connectivity index (χ4v) is 18.1. The predicted molar refractivity (Wildman–Crippen MR) is 497 cm³/mol. The van der Waals surface area contributed by atoms with Crippen molar-refractivity contribution < 1.29 is 86.0 Å². The number of Topliss-reactive ketones (excluding diaryl/α,β-unsaturated/α-hetero) is 2. The Morgan fingerprint density at radius 2 is 0.820 bits per heavy atom. The van der Waals surface area contributed by atoms with Gasteiger partial charge in [0.25, 0.3) is 0 Å². The van der Waals surface area contributed by atoms with Crippen LogP contribution in [0.1, 0.15) is 249 Å². The first kappa shape index (κ1) is 109. The molecule has 0 aliphatic carbocycles. The summed E-state index contributed by atoms with van der Waals surface area (Å²) in [6.07, 6.45) is 1.32. The number of ketones is 2. The molecule has 712 valence electrons. The maximum atomic E-state index is 14.4. The first-order valence-corrected chi connectivity index (χ1v) is 46.1. The summed E-state index contributed by atoms with van der Waals surface area (Å²) in [4.78, 5) is 172. The predicted octanol–water partition coefficient (Wildman–Crippen LogP) is 12.5. The molecule has 2 unspecified atom stereocenters. The molecule has 28 nitrogen and oxygen atoms in total. The second kappa shape index (κ2) is 53.7. The molecular weight excluding hydrogens is 1630 g/mol. The Hall–Kier alpha value is -9.32. The van der Waals surface area contributed by atoms with Crippen LogP contribution in [0.3, 0.4) is 0 Å². The summed E-state index contributed by atoms with van der Waals surface area (Å²) in [7, 11) is 15.0. The number of likely N-dealkylation sites (tertiary alicyclic amines) is 2. The largest absolute Gasteiger partial charge is 0.455 e. The number of esters is 2. The summed E-state index contributed by atoms with van der Waals surface area (Å²) in [6.45, 7) is 33.1. The Kier molecular flexibility index (Phi) is 45.8. The molecule has 28 heteroatoms. The van der Waals surface area contributed by atoms with Gasteiger partial charge < -0.3 is 74.6 Å². The molecule has 4 aromatic carbocycles. The monoisotopic (exact) mass is 1780 g/mol. The molecular formula is C100H154N10O18. The number of methoxy groups -OCH3 is 4. The molecule has 2 aliphatic heterocycles. The summed E-state index contributed by atoms with van der Waals surface area (Å²) >= 11 is 0. The number of amides is 8. The minimum absolute atomic E-state index is 0.00495. The average Bonchev–Trinajstić information content (AvgIpc) is 1.78. The van der Waals surface area contributed by atoms with E-state index in [0.29, 0.717) is 74.7 Å². The van der Waals surface area contributed by atoms with Crippen LogP contribution in [0.2, 0.25) is 0 Å². The molecule has 6 rings (SSSR count). The van der Waals surface area contributed by atoms with Crippen molar-refractivity contribution in [3.8, 4) is 0 Å². The summed E-state index contributed by atoms with van der Waals surface area (Å²) in [6, 6.07) is 28.2. The Morgan fingerprint density at radius 3 is 1.18 bits per heavy atom. The van der Waals surface area contributed by atoms with Gasteiger partial charge in [-0.05, 0) is 139 Å². The van der Waals surface area contributed by atoms with E-state index in [4.69, 9.17) is 28.4 Å². The topological polar surface area (TPSA) is 337 Å². The molecule has 0 saturated carbocycles. The van der Waals surface area contributed by atoms with Crippen LogP contribution in [0.15, 0.2) is 115 Å². The number of benzene rings is 4. The second-order valence-corrected chi connectivity index (χ2v) is 36.6. The van der Waals surface area contributed by atoms with Gasteiger partial charge >= 0.3 is 11.9 Å². The number of carbonyl (C=O) groups is 12. The zero-order valence-corrected chi connectivity index (χ0v) is 81.3. The third kappa shape index (κ3) is 30.7. The van der Waals surface area contributed by atoms with Crippen molar-refractivity contribution in [2.45, 2.75) is 292 Å². The zero-order valence-electron chi connectivity index (χ0n) is 81.3. The zero-order chi connectivity index (χ0) is 95.7. The van der Waals surface area contributed by atoms with E-state index >= 15 is 0 Å². The van der Waals surface area contributed by atoms with E-state index in [0.717, 1.165) is 18.4 Å². The van der Waals surface area contributed by atoms with E-state index in [1.165, 1.54) is 14.0 Å². The summed E-state index contributed by atoms with van der Waals surface area (Å²) in [5.74, 6) is -4.92. The molecule has 2 fully saturated rings. The van der Waals surface area contributed by atoms with Crippen molar-refractivity contribution in [2.24, 2.45) is 47.3 Å². The van der Waals surface area contributed by atoms with Gasteiger partial charge in [0, 0.05) is 79.6 Å². The van der Waals surface area contributed by atoms with Crippen LogP contribution in [0, 0.1) is 47.3 Å². The number of hydrogen-bond acceptors (Lipinski definition) is 20. The second-order valence-electron chi connectivity index (χ2n) is 36.6. The van der Waals surface area contributed by atoms with Gasteiger partial charge in [0.05, 0.1) is 103 Å². The number of hydrogen-bond donors (Lipinski definition) is 5. The van der Waals surface area contributed by atoms with Crippen LogP contribution in [0.25, 0.3) is 0 Å². The quantitative estimate of drug-likeness (QED) is 0.0156. The van der Waals surface area contributed by atoms with E-state index in [2.05, 4.69) is 26.6 Å². The maximum absolute atomic E-state index is 14.4. The molecule has 0 bridgehead atoms. The van der Waals surface area contributed by atoms with Gasteiger partial charge in [-0.3, -0.25) is 57.6 Å². The first-order chi connectivity index (χ1) is 60.6. The van der Waals surface area contributed by atoms with Crippen molar-refractivity contribution in [1.29, 1.82) is 0 Å². The number of nitrogens with one attached hydrogen (secondary N) is 5. The fraction of sp³-hybridized carbons (Fsp3) is 0.640. The van der Waals surface area contributed by atoms with E-state index in [1.54, 1.807) is 126 Å². The highest BCUT2D eigenvalue weighted by Gasteiger charge is 2.47. The number of ether oxygens (including phenoxy) is 6. The van der Waals surface area contributed by atoms with Crippen molar-refractivity contribution in [2.75, 3.05) is 76.8 Å². The van der Waals surface area contributed by atoms with Crippen molar-refractivity contribution >= 4 is 70.8 Å². The summed E-state index contributed by atoms with van der Waals surface area (Å²) in [5, 5.41) is 15.2. The third-order valence-corrected chi connectivity index (χ3v) is 25.7. The maximum Gasteiger partial charge on any atom is 0.338 e. The summed E-state index contributed by atoms with van der Waals surface area (Å²) in [5.41, 5.74) is 2.81. The smallest absolute Gasteiger partial charge is 0.338 e. The van der Waals surface area contributed by atoms with Crippen molar-refractivity contribution in [1.82, 2.24) is 51.1 Å². The van der Waals surface area contributed by atoms with Gasteiger partial charge in [0.15, 0.2) is 11.6 Å². The Bertz CT molecular complexity index is 4150.